The molecule has 4 aliphatic rings. The van der Waals surface area contributed by atoms with Crippen molar-refractivity contribution in [2.24, 2.45) is 23.2 Å². The van der Waals surface area contributed by atoms with Crippen molar-refractivity contribution < 1.29 is 18.3 Å². The van der Waals surface area contributed by atoms with E-state index >= 15 is 0 Å². The number of aryl methyl sites for hydroxylation is 1. The summed E-state index contributed by atoms with van der Waals surface area (Å²) in [5.41, 5.74) is 3.51. The molecule has 0 bridgehead atoms. The highest BCUT2D eigenvalue weighted by Gasteiger charge is 2.60. The highest BCUT2D eigenvalue weighted by atomic mass is 28.4. The standard InChI is InChI=1S/C44H78O4Si2/c1-42(2,3)49(8,9)47-35-24-26-36-33(31-35)23-25-38-37(36)27-28-44(7)39(38)32-34(41(44)48-50(10,11)43(4,5)6)21-17-15-13-12-14-16-19-29-45-40-22-18-20-30-46-40/h24,26,31,34,37-41H,12-23,25,27-30,32H2,1-11H3/t34-,37+,38+,39-,40?,41-,44-/m0/s1. The lowest BCUT2D eigenvalue weighted by Gasteiger charge is -2.52. The highest BCUT2D eigenvalue weighted by molar-refractivity contribution is 6.75. The first-order valence-corrected chi connectivity index (χ1v) is 27.0. The van der Waals surface area contributed by atoms with Gasteiger partial charge in [0.05, 0.1) is 6.10 Å². The number of unbranched alkanes of at least 4 members (excludes halogenated alkanes) is 6. The molecule has 286 valence electrons. The molecule has 5 rings (SSSR count). The van der Waals surface area contributed by atoms with Crippen molar-refractivity contribution in [3.05, 3.63) is 29.3 Å². The van der Waals surface area contributed by atoms with Gasteiger partial charge in [-0.1, -0.05) is 93.1 Å². The summed E-state index contributed by atoms with van der Waals surface area (Å²) in [7, 11) is -3.75. The minimum absolute atomic E-state index is 0.0652. The lowest BCUT2D eigenvalue weighted by atomic mass is 9.55. The molecule has 50 heavy (non-hydrogen) atoms. The molecule has 6 heteroatoms. The molecule has 1 saturated heterocycles. The van der Waals surface area contributed by atoms with E-state index < -0.39 is 16.6 Å². The Balaban J connectivity index is 1.18. The second-order valence-electron chi connectivity index (χ2n) is 20.4. The van der Waals surface area contributed by atoms with Gasteiger partial charge in [0.15, 0.2) is 14.6 Å². The summed E-state index contributed by atoms with van der Waals surface area (Å²) in [5.74, 6) is 4.08. The van der Waals surface area contributed by atoms with Gasteiger partial charge in [-0.2, -0.15) is 0 Å². The summed E-state index contributed by atoms with van der Waals surface area (Å²) in [4.78, 5) is 0. The Bertz CT molecular complexity index is 1230. The average Bonchev–Trinajstić information content (AvgIpc) is 3.31. The van der Waals surface area contributed by atoms with Gasteiger partial charge in [0.2, 0.25) is 8.32 Å². The van der Waals surface area contributed by atoms with Gasteiger partial charge in [0.1, 0.15) is 5.75 Å². The molecule has 1 heterocycles. The van der Waals surface area contributed by atoms with E-state index in [1.165, 1.54) is 96.3 Å². The Morgan fingerprint density at radius 2 is 1.50 bits per heavy atom. The van der Waals surface area contributed by atoms with Crippen LogP contribution in [0.25, 0.3) is 0 Å². The monoisotopic (exact) mass is 727 g/mol. The third kappa shape index (κ3) is 9.34. The van der Waals surface area contributed by atoms with Gasteiger partial charge >= 0.3 is 0 Å². The molecule has 3 aliphatic carbocycles. The number of hydrogen-bond donors (Lipinski definition) is 0. The van der Waals surface area contributed by atoms with Crippen molar-refractivity contribution in [1.29, 1.82) is 0 Å². The summed E-state index contributed by atoms with van der Waals surface area (Å²) >= 11 is 0. The fraction of sp³-hybridized carbons (Fsp3) is 0.864. The van der Waals surface area contributed by atoms with Crippen molar-refractivity contribution >= 4 is 16.6 Å². The second-order valence-corrected chi connectivity index (χ2v) is 29.9. The van der Waals surface area contributed by atoms with E-state index in [2.05, 4.69) is 92.9 Å². The molecular formula is C44H78O4Si2. The molecule has 0 amide bonds. The Morgan fingerprint density at radius 1 is 0.820 bits per heavy atom. The van der Waals surface area contributed by atoms with E-state index in [1.807, 2.05) is 0 Å². The van der Waals surface area contributed by atoms with Crippen LogP contribution in [0.3, 0.4) is 0 Å². The maximum absolute atomic E-state index is 7.57. The molecule has 4 nitrogen and oxygen atoms in total. The summed E-state index contributed by atoms with van der Waals surface area (Å²) < 4.78 is 26.0. The zero-order valence-corrected chi connectivity index (χ0v) is 36.6. The molecule has 0 radical (unpaired) electrons. The van der Waals surface area contributed by atoms with Gasteiger partial charge < -0.3 is 18.3 Å². The Kier molecular flexibility index (Phi) is 13.3. The summed E-state index contributed by atoms with van der Waals surface area (Å²) in [6.07, 6.45) is 21.2. The first-order valence-electron chi connectivity index (χ1n) is 21.2. The predicted octanol–water partition coefficient (Wildman–Crippen LogP) is 13.2. The minimum atomic E-state index is -1.89. The topological polar surface area (TPSA) is 36.9 Å². The van der Waals surface area contributed by atoms with Crippen LogP contribution in [0, 0.1) is 23.2 Å². The van der Waals surface area contributed by atoms with Gasteiger partial charge in [-0.15, -0.1) is 0 Å². The molecule has 2 saturated carbocycles. The van der Waals surface area contributed by atoms with Gasteiger partial charge in [-0.3, -0.25) is 0 Å². The van der Waals surface area contributed by atoms with E-state index in [9.17, 15) is 0 Å². The molecule has 0 spiro atoms. The normalized spacial score (nSPS) is 30.5. The predicted molar refractivity (Wildman–Crippen MR) is 216 cm³/mol. The largest absolute Gasteiger partial charge is 0.543 e. The molecule has 1 aromatic rings. The molecule has 1 unspecified atom stereocenters. The minimum Gasteiger partial charge on any atom is -0.543 e. The molecule has 0 N–H and O–H groups in total. The van der Waals surface area contributed by atoms with Crippen molar-refractivity contribution in [2.45, 2.75) is 206 Å². The summed E-state index contributed by atoms with van der Waals surface area (Å²) in [6, 6.07) is 7.23. The zero-order chi connectivity index (χ0) is 36.4. The number of ether oxygens (including phenoxy) is 2. The SMILES string of the molecule is CC(C)(C)[Si](C)(C)Oc1ccc2c(c1)CC[C@@H]1[C@@H]2CC[C@@]2(C)[C@H]1C[C@H](CCCCCCCCCOC1CCCCO1)[C@@H]2O[Si](C)(C)C(C)(C)C. The zero-order valence-electron chi connectivity index (χ0n) is 34.6. The number of hydrogen-bond acceptors (Lipinski definition) is 4. The van der Waals surface area contributed by atoms with E-state index in [0.717, 1.165) is 37.2 Å². The van der Waals surface area contributed by atoms with Crippen LogP contribution in [-0.2, 0) is 20.3 Å². The second kappa shape index (κ2) is 16.4. The Morgan fingerprint density at radius 3 is 2.16 bits per heavy atom. The fourth-order valence-corrected chi connectivity index (χ4v) is 12.1. The van der Waals surface area contributed by atoms with Crippen LogP contribution < -0.4 is 4.43 Å². The van der Waals surface area contributed by atoms with Gasteiger partial charge in [-0.05, 0) is 153 Å². The maximum Gasteiger partial charge on any atom is 0.250 e. The number of fused-ring (bicyclic) bond motifs is 5. The molecule has 1 aromatic carbocycles. The van der Waals surface area contributed by atoms with Crippen LogP contribution in [0.2, 0.25) is 36.3 Å². The van der Waals surface area contributed by atoms with Crippen molar-refractivity contribution in [3.63, 3.8) is 0 Å². The lowest BCUT2D eigenvalue weighted by Crippen LogP contribution is -2.51. The Labute approximate surface area is 311 Å². The number of rotatable bonds is 15. The van der Waals surface area contributed by atoms with E-state index in [1.54, 1.807) is 11.1 Å². The van der Waals surface area contributed by atoms with E-state index in [0.29, 0.717) is 23.4 Å². The first-order chi connectivity index (χ1) is 23.4. The van der Waals surface area contributed by atoms with Crippen LogP contribution in [0.1, 0.15) is 162 Å². The third-order valence-corrected chi connectivity index (χ3v) is 23.7. The van der Waals surface area contributed by atoms with Gasteiger partial charge in [0, 0.05) is 13.2 Å². The van der Waals surface area contributed by atoms with E-state index in [4.69, 9.17) is 18.3 Å². The van der Waals surface area contributed by atoms with Crippen LogP contribution >= 0.6 is 0 Å². The van der Waals surface area contributed by atoms with E-state index in [-0.39, 0.29) is 16.4 Å². The molecule has 7 atom stereocenters. The average molecular weight is 727 g/mol. The molecule has 3 fully saturated rings. The van der Waals surface area contributed by atoms with Crippen molar-refractivity contribution in [1.82, 2.24) is 0 Å². The van der Waals surface area contributed by atoms with Crippen LogP contribution in [0.5, 0.6) is 5.75 Å². The molecular weight excluding hydrogens is 649 g/mol. The Hall–Kier alpha value is -0.666. The number of benzene rings is 1. The quantitative estimate of drug-likeness (QED) is 0.133. The maximum atomic E-state index is 7.57. The molecule has 1 aliphatic heterocycles. The van der Waals surface area contributed by atoms with Crippen LogP contribution in [0.15, 0.2) is 18.2 Å². The van der Waals surface area contributed by atoms with Crippen molar-refractivity contribution in [3.8, 4) is 5.75 Å². The van der Waals surface area contributed by atoms with Crippen LogP contribution in [-0.4, -0.2) is 42.2 Å². The third-order valence-electron chi connectivity index (χ3n) is 14.8. The fourth-order valence-electron chi connectivity index (χ4n) is 9.65. The van der Waals surface area contributed by atoms with Gasteiger partial charge in [0.25, 0.3) is 0 Å². The van der Waals surface area contributed by atoms with Crippen molar-refractivity contribution in [2.75, 3.05) is 13.2 Å². The molecule has 0 aromatic heterocycles. The van der Waals surface area contributed by atoms with Gasteiger partial charge in [-0.25, -0.2) is 0 Å². The lowest BCUT2D eigenvalue weighted by molar-refractivity contribution is -0.162. The smallest absolute Gasteiger partial charge is 0.250 e. The van der Waals surface area contributed by atoms with Crippen LogP contribution in [0.4, 0.5) is 0 Å². The first kappa shape index (κ1) is 40.5. The highest BCUT2D eigenvalue weighted by Crippen LogP contribution is 2.64. The summed E-state index contributed by atoms with van der Waals surface area (Å²) in [5, 5.41) is 0.454. The summed E-state index contributed by atoms with van der Waals surface area (Å²) in [6.45, 7) is 28.4.